The first kappa shape index (κ1) is 20.4. The van der Waals surface area contributed by atoms with E-state index in [1.54, 1.807) is 24.4 Å². The lowest BCUT2D eigenvalue weighted by molar-refractivity contribution is 0.103. The Balaban J connectivity index is 1.44. The lowest BCUT2D eigenvalue weighted by Gasteiger charge is -2.11. The zero-order valence-corrected chi connectivity index (χ0v) is 18.0. The Morgan fingerprint density at radius 3 is 2.67 bits per heavy atom. The molecule has 0 amide bonds. The van der Waals surface area contributed by atoms with Gasteiger partial charge in [0.1, 0.15) is 17.4 Å². The molecule has 0 unspecified atom stereocenters. The maximum atomic E-state index is 13.5. The van der Waals surface area contributed by atoms with Crippen LogP contribution in [0.4, 0.5) is 10.2 Å². The van der Waals surface area contributed by atoms with Crippen molar-refractivity contribution in [2.24, 2.45) is 0 Å². The Morgan fingerprint density at radius 2 is 1.88 bits per heavy atom. The summed E-state index contributed by atoms with van der Waals surface area (Å²) in [7, 11) is 0. The van der Waals surface area contributed by atoms with E-state index in [1.165, 1.54) is 23.0 Å². The molecule has 7 nitrogen and oxygen atoms in total. The molecule has 5 aromatic rings. The average Bonchev–Trinajstić information content (AvgIpc) is 3.38. The van der Waals surface area contributed by atoms with Gasteiger partial charge < -0.3 is 15.5 Å². The van der Waals surface area contributed by atoms with Crippen LogP contribution in [0.5, 0.6) is 11.6 Å². The van der Waals surface area contributed by atoms with Crippen LogP contribution in [-0.2, 0) is 0 Å². The quantitative estimate of drug-likeness (QED) is 0.369. The number of hydrogen-bond donors (Lipinski definition) is 2. The van der Waals surface area contributed by atoms with Gasteiger partial charge in [-0.05, 0) is 55.3 Å². The second-order valence-electron chi connectivity index (χ2n) is 7.78. The number of ether oxygens (including phenoxy) is 1. The highest BCUT2D eigenvalue weighted by Crippen LogP contribution is 2.28. The van der Waals surface area contributed by atoms with E-state index in [2.05, 4.69) is 15.1 Å². The maximum Gasteiger partial charge on any atom is 0.219 e. The van der Waals surface area contributed by atoms with Crippen LogP contribution in [0.1, 0.15) is 27.2 Å². The number of ketones is 1. The number of halogens is 1. The number of aromatic nitrogens is 4. The summed E-state index contributed by atoms with van der Waals surface area (Å²) < 4.78 is 20.8. The molecule has 0 aliphatic rings. The number of nitrogens with one attached hydrogen (secondary N) is 1. The van der Waals surface area contributed by atoms with Crippen molar-refractivity contribution in [1.82, 2.24) is 19.7 Å². The largest absolute Gasteiger partial charge is 0.439 e. The monoisotopic (exact) mass is 441 g/mol. The Bertz CT molecular complexity index is 1520. The van der Waals surface area contributed by atoms with Gasteiger partial charge in [0.05, 0.1) is 29.3 Å². The Labute approximate surface area is 188 Å². The number of para-hydroxylation sites is 1. The molecule has 0 saturated carbocycles. The fourth-order valence-electron chi connectivity index (χ4n) is 3.68. The normalized spacial score (nSPS) is 11.1. The molecule has 0 bridgehead atoms. The number of carbonyl (C=O) groups excluding carboxylic acids is 1. The molecule has 3 N–H and O–H groups in total. The van der Waals surface area contributed by atoms with Gasteiger partial charge in [-0.1, -0.05) is 18.2 Å². The molecule has 0 spiro atoms. The van der Waals surface area contributed by atoms with Crippen molar-refractivity contribution >= 4 is 22.5 Å². The average molecular weight is 441 g/mol. The number of pyridine rings is 1. The highest BCUT2D eigenvalue weighted by molar-refractivity contribution is 6.12. The number of aryl methyl sites for hydroxylation is 2. The van der Waals surface area contributed by atoms with Gasteiger partial charge >= 0.3 is 0 Å². The van der Waals surface area contributed by atoms with Crippen LogP contribution in [0.3, 0.4) is 0 Å². The zero-order chi connectivity index (χ0) is 23.1. The summed E-state index contributed by atoms with van der Waals surface area (Å²) in [5.41, 5.74) is 9.82. The van der Waals surface area contributed by atoms with E-state index in [0.717, 1.165) is 22.3 Å². The first-order valence-electron chi connectivity index (χ1n) is 10.3. The molecular weight excluding hydrogens is 421 g/mol. The highest BCUT2D eigenvalue weighted by Gasteiger charge is 2.21. The molecule has 0 aliphatic heterocycles. The number of nitrogens with two attached hydrogens (primary N) is 1. The predicted molar refractivity (Wildman–Crippen MR) is 123 cm³/mol. The van der Waals surface area contributed by atoms with Gasteiger partial charge in [-0.15, -0.1) is 0 Å². The van der Waals surface area contributed by atoms with Crippen LogP contribution >= 0.6 is 0 Å². The minimum atomic E-state index is -0.381. The number of carbonyl (C=O) groups is 1. The van der Waals surface area contributed by atoms with Crippen molar-refractivity contribution in [3.8, 4) is 17.3 Å². The fraction of sp³-hybridized carbons (Fsp3) is 0.0800. The highest BCUT2D eigenvalue weighted by atomic mass is 19.1. The van der Waals surface area contributed by atoms with Crippen molar-refractivity contribution in [2.75, 3.05) is 5.73 Å². The number of H-pyrrole nitrogens is 1. The number of aromatic amines is 1. The number of hydrogen-bond acceptors (Lipinski definition) is 5. The van der Waals surface area contributed by atoms with Crippen LogP contribution in [0.25, 0.3) is 16.6 Å². The molecule has 0 saturated heterocycles. The SMILES string of the molecule is Cc1ccccc1Oc1cc(C)c(-n2ncc(C(=O)c3cc4ccc(F)cc4[nH]3)c2N)cn1. The molecule has 0 fully saturated rings. The number of benzene rings is 2. The summed E-state index contributed by atoms with van der Waals surface area (Å²) in [6.45, 7) is 3.85. The van der Waals surface area contributed by atoms with Crippen LogP contribution in [-0.4, -0.2) is 25.5 Å². The van der Waals surface area contributed by atoms with E-state index < -0.39 is 0 Å². The van der Waals surface area contributed by atoms with Gasteiger partial charge in [-0.2, -0.15) is 5.10 Å². The van der Waals surface area contributed by atoms with Crippen molar-refractivity contribution in [1.29, 1.82) is 0 Å². The third-order valence-electron chi connectivity index (χ3n) is 5.47. The third kappa shape index (κ3) is 3.71. The standard InChI is InChI=1S/C25H20FN5O2/c1-14-5-3-4-6-22(14)33-23-9-15(2)21(13-28-23)31-25(27)18(12-29-31)24(32)20-10-16-7-8-17(26)11-19(16)30-20/h3-13,30H,27H2,1-2H3. The Morgan fingerprint density at radius 1 is 1.06 bits per heavy atom. The first-order valence-corrected chi connectivity index (χ1v) is 10.3. The van der Waals surface area contributed by atoms with Gasteiger partial charge in [0, 0.05) is 17.0 Å². The van der Waals surface area contributed by atoms with Crippen LogP contribution in [0.2, 0.25) is 0 Å². The number of nitrogen functional groups attached to an aromatic ring is 1. The Hall–Kier alpha value is -4.46. The van der Waals surface area contributed by atoms with E-state index in [-0.39, 0.29) is 23.0 Å². The van der Waals surface area contributed by atoms with E-state index in [4.69, 9.17) is 10.5 Å². The van der Waals surface area contributed by atoms with Gasteiger partial charge in [0.25, 0.3) is 0 Å². The number of anilines is 1. The van der Waals surface area contributed by atoms with Crippen molar-refractivity contribution < 1.29 is 13.9 Å². The molecule has 5 rings (SSSR count). The van der Waals surface area contributed by atoms with E-state index in [9.17, 15) is 9.18 Å². The van der Waals surface area contributed by atoms with Crippen molar-refractivity contribution in [2.45, 2.75) is 13.8 Å². The summed E-state index contributed by atoms with van der Waals surface area (Å²) in [5.74, 6) is 0.635. The lowest BCUT2D eigenvalue weighted by Crippen LogP contribution is -2.09. The van der Waals surface area contributed by atoms with Gasteiger partial charge in [-0.3, -0.25) is 4.79 Å². The fourth-order valence-corrected chi connectivity index (χ4v) is 3.68. The predicted octanol–water partition coefficient (Wildman–Crippen LogP) is 5.11. The molecule has 33 heavy (non-hydrogen) atoms. The van der Waals surface area contributed by atoms with E-state index >= 15 is 0 Å². The van der Waals surface area contributed by atoms with Crippen LogP contribution in [0.15, 0.2) is 67.0 Å². The topological polar surface area (TPSA) is 98.8 Å². The lowest BCUT2D eigenvalue weighted by atomic mass is 10.1. The summed E-state index contributed by atoms with van der Waals surface area (Å²) in [5, 5.41) is 5.04. The molecule has 0 aliphatic carbocycles. The van der Waals surface area contributed by atoms with Crippen molar-refractivity contribution in [3.05, 3.63) is 95.2 Å². The molecule has 3 aromatic heterocycles. The third-order valence-corrected chi connectivity index (χ3v) is 5.47. The molecular formula is C25H20FN5O2. The minimum Gasteiger partial charge on any atom is -0.439 e. The Kier molecular flexibility index (Phi) is 4.90. The minimum absolute atomic E-state index is 0.183. The molecule has 8 heteroatoms. The van der Waals surface area contributed by atoms with Crippen molar-refractivity contribution in [3.63, 3.8) is 0 Å². The van der Waals surface area contributed by atoms with Gasteiger partial charge in [0.15, 0.2) is 0 Å². The molecule has 0 radical (unpaired) electrons. The first-order chi connectivity index (χ1) is 15.9. The van der Waals surface area contributed by atoms with Gasteiger partial charge in [-0.25, -0.2) is 14.1 Å². The molecule has 2 aromatic carbocycles. The van der Waals surface area contributed by atoms with Crippen LogP contribution < -0.4 is 10.5 Å². The van der Waals surface area contributed by atoms with E-state index in [1.807, 2.05) is 38.1 Å². The summed E-state index contributed by atoms with van der Waals surface area (Å²) >= 11 is 0. The number of fused-ring (bicyclic) bond motifs is 1. The zero-order valence-electron chi connectivity index (χ0n) is 18.0. The second-order valence-corrected chi connectivity index (χ2v) is 7.78. The number of nitrogens with zero attached hydrogens (tertiary/aromatic N) is 3. The summed E-state index contributed by atoms with van der Waals surface area (Å²) in [4.78, 5) is 20.4. The molecule has 3 heterocycles. The number of rotatable bonds is 5. The summed E-state index contributed by atoms with van der Waals surface area (Å²) in [6, 6.07) is 15.4. The smallest absolute Gasteiger partial charge is 0.219 e. The van der Waals surface area contributed by atoms with E-state index in [0.29, 0.717) is 22.8 Å². The maximum absolute atomic E-state index is 13.5. The van der Waals surface area contributed by atoms with Crippen LogP contribution in [0, 0.1) is 19.7 Å². The van der Waals surface area contributed by atoms with Gasteiger partial charge in [0.2, 0.25) is 11.7 Å². The molecule has 0 atom stereocenters. The summed E-state index contributed by atoms with van der Waals surface area (Å²) in [6.07, 6.45) is 3.02. The molecule has 164 valence electrons. The second kappa shape index (κ2) is 7.90.